The van der Waals surface area contributed by atoms with Gasteiger partial charge in [-0.15, -0.1) is 0 Å². The third kappa shape index (κ3) is 3.88. The molecule has 8 heteroatoms. The highest BCUT2D eigenvalue weighted by molar-refractivity contribution is 6.31. The predicted octanol–water partition coefficient (Wildman–Crippen LogP) is 2.84. The Morgan fingerprint density at radius 3 is 2.55 bits per heavy atom. The second kappa shape index (κ2) is 8.43. The van der Waals surface area contributed by atoms with Gasteiger partial charge in [0.1, 0.15) is 6.04 Å². The van der Waals surface area contributed by atoms with Crippen molar-refractivity contribution in [3.05, 3.63) is 82.0 Å². The van der Waals surface area contributed by atoms with Crippen molar-refractivity contribution in [1.82, 2.24) is 20.4 Å². The number of carbonyl (C=O) groups excluding carboxylic acids is 3. The van der Waals surface area contributed by atoms with Crippen LogP contribution in [0.3, 0.4) is 0 Å². The van der Waals surface area contributed by atoms with Crippen molar-refractivity contribution in [3.8, 4) is 0 Å². The number of carbonyl (C=O) groups is 3. The average Bonchev–Trinajstić information content (AvgIpc) is 3.12. The van der Waals surface area contributed by atoms with Gasteiger partial charge >= 0.3 is 6.03 Å². The molecule has 4 rings (SSSR count). The van der Waals surface area contributed by atoms with Crippen molar-refractivity contribution in [2.75, 3.05) is 13.6 Å². The number of nitrogens with zero attached hydrogens (tertiary/aromatic N) is 2. The van der Waals surface area contributed by atoms with Gasteiger partial charge in [-0.05, 0) is 24.1 Å². The van der Waals surface area contributed by atoms with Crippen LogP contribution < -0.4 is 10.6 Å². The molecule has 160 valence electrons. The van der Waals surface area contributed by atoms with E-state index >= 15 is 0 Å². The topological polar surface area (TPSA) is 81.8 Å². The second-order valence-electron chi connectivity index (χ2n) is 7.64. The van der Waals surface area contributed by atoms with E-state index in [1.807, 2.05) is 36.4 Å². The fourth-order valence-electron chi connectivity index (χ4n) is 3.92. The minimum atomic E-state index is -0.697. The maximum absolute atomic E-state index is 13.4. The van der Waals surface area contributed by atoms with E-state index < -0.39 is 12.1 Å². The highest BCUT2D eigenvalue weighted by Crippen LogP contribution is 2.38. The third-order valence-electron chi connectivity index (χ3n) is 5.76. The molecule has 0 unspecified atom stereocenters. The first-order valence-electron chi connectivity index (χ1n) is 10.0. The molecule has 0 spiro atoms. The molecule has 7 nitrogen and oxygen atoms in total. The number of urea groups is 1. The average molecular weight is 439 g/mol. The van der Waals surface area contributed by atoms with E-state index in [9.17, 15) is 14.4 Å². The summed E-state index contributed by atoms with van der Waals surface area (Å²) in [5.74, 6) is -0.539. The van der Waals surface area contributed by atoms with Crippen molar-refractivity contribution in [1.29, 1.82) is 0 Å². The minimum absolute atomic E-state index is 0.180. The lowest BCUT2D eigenvalue weighted by atomic mass is 9.95. The molecule has 4 amide bonds. The molecule has 2 N–H and O–H groups in total. The van der Waals surface area contributed by atoms with Gasteiger partial charge < -0.3 is 15.5 Å². The highest BCUT2D eigenvalue weighted by Gasteiger charge is 2.45. The Morgan fingerprint density at radius 1 is 1.16 bits per heavy atom. The highest BCUT2D eigenvalue weighted by atomic mass is 35.5. The smallest absolute Gasteiger partial charge is 0.322 e. The van der Waals surface area contributed by atoms with Crippen LogP contribution in [0.25, 0.3) is 0 Å². The maximum atomic E-state index is 13.4. The molecular formula is C23H23ClN4O3. The first kappa shape index (κ1) is 20.9. The van der Waals surface area contributed by atoms with Crippen LogP contribution in [0.5, 0.6) is 0 Å². The van der Waals surface area contributed by atoms with Gasteiger partial charge in [-0.25, -0.2) is 4.79 Å². The summed E-state index contributed by atoms with van der Waals surface area (Å²) in [4.78, 5) is 41.6. The summed E-state index contributed by atoms with van der Waals surface area (Å²) in [6.45, 7) is 2.25. The molecular weight excluding hydrogens is 416 g/mol. The summed E-state index contributed by atoms with van der Waals surface area (Å²) in [5.41, 5.74) is 2.65. The Morgan fingerprint density at radius 2 is 1.84 bits per heavy atom. The fraction of sp³-hybridized carbons (Fsp3) is 0.261. The van der Waals surface area contributed by atoms with Crippen LogP contribution >= 0.6 is 11.6 Å². The summed E-state index contributed by atoms with van der Waals surface area (Å²) < 4.78 is 0. The molecule has 2 atom stereocenters. The van der Waals surface area contributed by atoms with Crippen molar-refractivity contribution >= 4 is 29.4 Å². The monoisotopic (exact) mass is 438 g/mol. The number of halogens is 1. The zero-order chi connectivity index (χ0) is 22.1. The first-order chi connectivity index (χ1) is 14.9. The Kier molecular flexibility index (Phi) is 5.69. The zero-order valence-corrected chi connectivity index (χ0v) is 18.0. The largest absolute Gasteiger partial charge is 0.350 e. The molecule has 2 heterocycles. The summed E-state index contributed by atoms with van der Waals surface area (Å²) in [6, 6.07) is 15.0. The molecule has 0 saturated heterocycles. The lowest BCUT2D eigenvalue weighted by Crippen LogP contribution is -2.46. The van der Waals surface area contributed by atoms with E-state index in [2.05, 4.69) is 10.6 Å². The quantitative estimate of drug-likeness (QED) is 0.753. The molecule has 0 aromatic heterocycles. The normalized spacial score (nSPS) is 19.3. The van der Waals surface area contributed by atoms with Crippen LogP contribution in [-0.2, 0) is 16.1 Å². The van der Waals surface area contributed by atoms with Crippen molar-refractivity contribution < 1.29 is 14.4 Å². The first-order valence-corrected chi connectivity index (χ1v) is 10.4. The summed E-state index contributed by atoms with van der Waals surface area (Å²) in [6.07, 6.45) is 0. The van der Waals surface area contributed by atoms with E-state index in [1.54, 1.807) is 32.2 Å². The van der Waals surface area contributed by atoms with Gasteiger partial charge in [0, 0.05) is 18.6 Å². The Balaban J connectivity index is 1.55. The van der Waals surface area contributed by atoms with Gasteiger partial charge in [-0.2, -0.15) is 0 Å². The molecule has 0 radical (unpaired) electrons. The van der Waals surface area contributed by atoms with Crippen molar-refractivity contribution in [3.63, 3.8) is 0 Å². The summed E-state index contributed by atoms with van der Waals surface area (Å²) in [5, 5.41) is 6.20. The van der Waals surface area contributed by atoms with E-state index in [1.165, 1.54) is 9.80 Å². The molecule has 2 aliphatic rings. The number of nitrogens with one attached hydrogen (secondary N) is 2. The molecule has 31 heavy (non-hydrogen) atoms. The van der Waals surface area contributed by atoms with Crippen molar-refractivity contribution in [2.24, 2.45) is 0 Å². The third-order valence-corrected chi connectivity index (χ3v) is 6.11. The van der Waals surface area contributed by atoms with Gasteiger partial charge in [0.05, 0.1) is 23.9 Å². The molecule has 0 saturated carbocycles. The van der Waals surface area contributed by atoms with Crippen molar-refractivity contribution in [2.45, 2.75) is 25.6 Å². The Labute approximate surface area is 185 Å². The lowest BCUT2D eigenvalue weighted by Gasteiger charge is -2.31. The second-order valence-corrected chi connectivity index (χ2v) is 8.04. The standard InChI is InChI=1S/C23H23ClN4O3/c1-14(21(29)25-12-15-8-4-3-5-9-15)28-13-18-19(22(28)30)20(26-23(31)27(18)2)16-10-6-7-11-17(16)24/h3-11,14,20H,12-13H2,1-2H3,(H,25,29)(H,26,31)/t14-,20-/m0/s1. The van der Waals surface area contributed by atoms with E-state index in [-0.39, 0.29) is 24.4 Å². The lowest BCUT2D eigenvalue weighted by molar-refractivity contribution is -0.135. The number of likely N-dealkylation sites (N-methyl/N-ethyl adjacent to an activating group) is 1. The van der Waals surface area contributed by atoms with Crippen LogP contribution in [0, 0.1) is 0 Å². The van der Waals surface area contributed by atoms with E-state index in [4.69, 9.17) is 11.6 Å². The molecule has 2 aromatic carbocycles. The van der Waals surface area contributed by atoms with Crippen LogP contribution in [0.15, 0.2) is 65.9 Å². The van der Waals surface area contributed by atoms with Gasteiger partial charge in [0.15, 0.2) is 0 Å². The van der Waals surface area contributed by atoms with Gasteiger partial charge in [0.25, 0.3) is 5.91 Å². The number of hydrogen-bond acceptors (Lipinski definition) is 3. The molecule has 0 fully saturated rings. The summed E-state index contributed by atoms with van der Waals surface area (Å²) >= 11 is 6.35. The number of benzene rings is 2. The van der Waals surface area contributed by atoms with Gasteiger partial charge in [-0.3, -0.25) is 14.5 Å². The maximum Gasteiger partial charge on any atom is 0.322 e. The minimum Gasteiger partial charge on any atom is -0.350 e. The van der Waals surface area contributed by atoms with Crippen LogP contribution in [0.2, 0.25) is 5.02 Å². The summed E-state index contributed by atoms with van der Waals surface area (Å²) in [7, 11) is 1.62. The molecule has 2 aromatic rings. The zero-order valence-electron chi connectivity index (χ0n) is 17.3. The Bertz CT molecular complexity index is 1070. The van der Waals surface area contributed by atoms with E-state index in [0.29, 0.717) is 28.4 Å². The molecule has 0 aliphatic carbocycles. The number of hydrogen-bond donors (Lipinski definition) is 2. The Hall–Kier alpha value is -3.32. The van der Waals surface area contributed by atoms with Crippen LogP contribution in [0.4, 0.5) is 4.79 Å². The predicted molar refractivity (Wildman–Crippen MR) is 117 cm³/mol. The van der Waals surface area contributed by atoms with E-state index in [0.717, 1.165) is 5.56 Å². The molecule has 2 aliphatic heterocycles. The fourth-order valence-corrected chi connectivity index (χ4v) is 4.16. The molecule has 0 bridgehead atoms. The van der Waals surface area contributed by atoms with Crippen LogP contribution in [-0.4, -0.2) is 47.3 Å². The van der Waals surface area contributed by atoms with Crippen LogP contribution in [0.1, 0.15) is 24.1 Å². The SMILES string of the molecule is C[C@@H](C(=O)NCc1ccccc1)N1CC2=C(C1=O)[C@H](c1ccccc1Cl)NC(=O)N2C. The number of amides is 4. The van der Waals surface area contributed by atoms with Gasteiger partial charge in [0.2, 0.25) is 5.91 Å². The number of rotatable bonds is 5. The van der Waals surface area contributed by atoms with Gasteiger partial charge in [-0.1, -0.05) is 60.1 Å².